The Kier molecular flexibility index (Phi) is 3.83. The monoisotopic (exact) mass is 282 g/mol. The molecule has 1 aliphatic rings. The molecule has 0 aliphatic carbocycles. The van der Waals surface area contributed by atoms with E-state index in [9.17, 15) is 5.11 Å². The van der Waals surface area contributed by atoms with Gasteiger partial charge < -0.3 is 9.84 Å². The number of benzene rings is 2. The molecular weight excluding hydrogens is 260 g/mol. The summed E-state index contributed by atoms with van der Waals surface area (Å²) in [7, 11) is 0. The third-order valence-corrected chi connectivity index (χ3v) is 4.31. The first-order valence-electron chi connectivity index (χ1n) is 7.59. The van der Waals surface area contributed by atoms with Crippen LogP contribution in [0.2, 0.25) is 0 Å². The van der Waals surface area contributed by atoms with Crippen LogP contribution >= 0.6 is 0 Å². The summed E-state index contributed by atoms with van der Waals surface area (Å²) in [6.45, 7) is 4.83. The van der Waals surface area contributed by atoms with Crippen LogP contribution in [0.3, 0.4) is 0 Å². The van der Waals surface area contributed by atoms with E-state index in [0.29, 0.717) is 0 Å². The van der Waals surface area contributed by atoms with Crippen LogP contribution in [0.15, 0.2) is 48.5 Å². The second kappa shape index (κ2) is 5.63. The normalized spacial score (nSPS) is 18.9. The quantitative estimate of drug-likeness (QED) is 0.929. The summed E-state index contributed by atoms with van der Waals surface area (Å²) in [4.78, 5) is 0. The average molecular weight is 282 g/mol. The summed E-state index contributed by atoms with van der Waals surface area (Å²) >= 11 is 0. The molecule has 0 aromatic heterocycles. The maximum absolute atomic E-state index is 11.6. The fourth-order valence-corrected chi connectivity index (χ4v) is 3.21. The first-order valence-corrected chi connectivity index (χ1v) is 7.59. The summed E-state index contributed by atoms with van der Waals surface area (Å²) in [5.74, 6) is 0. The van der Waals surface area contributed by atoms with Crippen molar-refractivity contribution in [1.29, 1.82) is 0 Å². The lowest BCUT2D eigenvalue weighted by Gasteiger charge is -2.35. The predicted molar refractivity (Wildman–Crippen MR) is 84.3 cm³/mol. The molecule has 21 heavy (non-hydrogen) atoms. The van der Waals surface area contributed by atoms with Crippen LogP contribution in [0.5, 0.6) is 0 Å². The first kappa shape index (κ1) is 14.3. The Labute approximate surface area is 126 Å². The summed E-state index contributed by atoms with van der Waals surface area (Å²) in [6.07, 6.45) is 1.71. The van der Waals surface area contributed by atoms with E-state index in [1.165, 1.54) is 0 Å². The van der Waals surface area contributed by atoms with Gasteiger partial charge in [-0.1, -0.05) is 59.7 Å². The van der Waals surface area contributed by atoms with Gasteiger partial charge in [-0.15, -0.1) is 0 Å². The Morgan fingerprint density at radius 1 is 1.00 bits per heavy atom. The number of hydrogen-bond acceptors (Lipinski definition) is 2. The van der Waals surface area contributed by atoms with Crippen molar-refractivity contribution in [2.24, 2.45) is 0 Å². The molecule has 3 rings (SSSR count). The minimum Gasteiger partial charge on any atom is -0.378 e. The lowest BCUT2D eigenvalue weighted by Crippen LogP contribution is -2.40. The zero-order chi connectivity index (χ0) is 14.9. The molecule has 0 amide bonds. The van der Waals surface area contributed by atoms with Crippen LogP contribution in [0.4, 0.5) is 0 Å². The molecule has 1 fully saturated rings. The van der Waals surface area contributed by atoms with Crippen molar-refractivity contribution < 1.29 is 9.84 Å². The largest absolute Gasteiger partial charge is 0.378 e. The molecule has 0 saturated carbocycles. The van der Waals surface area contributed by atoms with Crippen molar-refractivity contribution in [3.8, 4) is 0 Å². The van der Waals surface area contributed by atoms with Crippen molar-refractivity contribution in [3.05, 3.63) is 70.8 Å². The molecule has 1 N–H and O–H groups in total. The maximum atomic E-state index is 11.6. The van der Waals surface area contributed by atoms with Crippen LogP contribution in [0.25, 0.3) is 0 Å². The van der Waals surface area contributed by atoms with E-state index in [-0.39, 0.29) is 6.10 Å². The van der Waals surface area contributed by atoms with Gasteiger partial charge in [-0.25, -0.2) is 0 Å². The van der Waals surface area contributed by atoms with Crippen LogP contribution in [0.1, 0.15) is 35.1 Å². The highest BCUT2D eigenvalue weighted by Crippen LogP contribution is 2.39. The van der Waals surface area contributed by atoms with Gasteiger partial charge in [0.05, 0.1) is 6.10 Å². The second-order valence-corrected chi connectivity index (χ2v) is 6.01. The predicted octanol–water partition coefficient (Wildman–Crippen LogP) is 3.72. The lowest BCUT2D eigenvalue weighted by atomic mass is 9.79. The van der Waals surface area contributed by atoms with Crippen LogP contribution < -0.4 is 0 Å². The van der Waals surface area contributed by atoms with Crippen LogP contribution in [-0.2, 0) is 10.3 Å². The van der Waals surface area contributed by atoms with Crippen molar-refractivity contribution in [3.63, 3.8) is 0 Å². The standard InChI is InChI=1S/C19H22O2/c1-14-6-3-8-16(12-14)19(20,18-10-5-11-21-18)17-9-4-7-15(2)13-17/h3-4,6-9,12-13,18,20H,5,10-11H2,1-2H3. The molecule has 1 heterocycles. The molecule has 0 spiro atoms. The zero-order valence-corrected chi connectivity index (χ0v) is 12.7. The zero-order valence-electron chi connectivity index (χ0n) is 12.7. The fraction of sp³-hybridized carbons (Fsp3) is 0.368. The number of hydrogen-bond donors (Lipinski definition) is 1. The third-order valence-electron chi connectivity index (χ3n) is 4.31. The Morgan fingerprint density at radius 2 is 1.57 bits per heavy atom. The summed E-state index contributed by atoms with van der Waals surface area (Å²) < 4.78 is 5.86. The Hall–Kier alpha value is -1.64. The van der Waals surface area contributed by atoms with Crippen LogP contribution in [0, 0.1) is 13.8 Å². The molecule has 0 radical (unpaired) electrons. The van der Waals surface area contributed by atoms with Gasteiger partial charge in [-0.3, -0.25) is 0 Å². The van der Waals surface area contributed by atoms with E-state index in [0.717, 1.165) is 41.7 Å². The lowest BCUT2D eigenvalue weighted by molar-refractivity contribution is -0.0620. The Bertz CT molecular complexity index is 581. The Morgan fingerprint density at radius 3 is 2.00 bits per heavy atom. The van der Waals surface area contributed by atoms with E-state index >= 15 is 0 Å². The smallest absolute Gasteiger partial charge is 0.141 e. The van der Waals surface area contributed by atoms with Gasteiger partial charge >= 0.3 is 0 Å². The topological polar surface area (TPSA) is 29.5 Å². The third kappa shape index (κ3) is 2.61. The fourth-order valence-electron chi connectivity index (χ4n) is 3.21. The van der Waals surface area contributed by atoms with Gasteiger partial charge in [0.25, 0.3) is 0 Å². The molecule has 0 bridgehead atoms. The van der Waals surface area contributed by atoms with Crippen molar-refractivity contribution >= 4 is 0 Å². The molecule has 1 saturated heterocycles. The van der Waals surface area contributed by atoms with E-state index in [1.54, 1.807) is 0 Å². The van der Waals surface area contributed by atoms with Crippen LogP contribution in [-0.4, -0.2) is 17.8 Å². The maximum Gasteiger partial charge on any atom is 0.141 e. The minimum atomic E-state index is -1.07. The van der Waals surface area contributed by atoms with Gasteiger partial charge in [0, 0.05) is 6.61 Å². The minimum absolute atomic E-state index is 0.180. The van der Waals surface area contributed by atoms with Gasteiger partial charge in [-0.2, -0.15) is 0 Å². The van der Waals surface area contributed by atoms with Crippen molar-refractivity contribution in [1.82, 2.24) is 0 Å². The molecule has 2 aromatic carbocycles. The van der Waals surface area contributed by atoms with Gasteiger partial charge in [0.15, 0.2) is 0 Å². The molecule has 1 aliphatic heterocycles. The van der Waals surface area contributed by atoms with Gasteiger partial charge in [-0.05, 0) is 37.8 Å². The van der Waals surface area contributed by atoms with Crippen molar-refractivity contribution in [2.45, 2.75) is 38.4 Å². The summed E-state index contributed by atoms with van der Waals surface area (Å²) in [5.41, 5.74) is 3.06. The molecule has 110 valence electrons. The van der Waals surface area contributed by atoms with E-state index in [1.807, 2.05) is 24.3 Å². The average Bonchev–Trinajstić information content (AvgIpc) is 3.01. The SMILES string of the molecule is Cc1cccc(C(O)(c2cccc(C)c2)C2CCCO2)c1. The molecule has 2 aromatic rings. The number of rotatable bonds is 3. The molecular formula is C19H22O2. The highest BCUT2D eigenvalue weighted by molar-refractivity contribution is 5.41. The highest BCUT2D eigenvalue weighted by Gasteiger charge is 2.42. The molecule has 2 nitrogen and oxygen atoms in total. The van der Waals surface area contributed by atoms with Gasteiger partial charge in [0.1, 0.15) is 5.60 Å². The highest BCUT2D eigenvalue weighted by atomic mass is 16.5. The number of aryl methyl sites for hydroxylation is 2. The second-order valence-electron chi connectivity index (χ2n) is 6.01. The van der Waals surface area contributed by atoms with Crippen molar-refractivity contribution in [2.75, 3.05) is 6.61 Å². The van der Waals surface area contributed by atoms with E-state index < -0.39 is 5.60 Å². The molecule has 1 unspecified atom stereocenters. The van der Waals surface area contributed by atoms with E-state index in [4.69, 9.17) is 4.74 Å². The Balaban J connectivity index is 2.15. The van der Waals surface area contributed by atoms with E-state index in [2.05, 4.69) is 38.1 Å². The number of aliphatic hydroxyl groups is 1. The summed E-state index contributed by atoms with van der Waals surface area (Å²) in [5, 5.41) is 11.6. The number of ether oxygens (including phenoxy) is 1. The summed E-state index contributed by atoms with van der Waals surface area (Å²) in [6, 6.07) is 16.2. The molecule has 2 heteroatoms. The molecule has 1 atom stereocenters. The van der Waals surface area contributed by atoms with Gasteiger partial charge in [0.2, 0.25) is 0 Å². The first-order chi connectivity index (χ1) is 10.1.